The lowest BCUT2D eigenvalue weighted by molar-refractivity contribution is 0.597. The summed E-state index contributed by atoms with van der Waals surface area (Å²) < 4.78 is 23.4. The second-order valence-corrected chi connectivity index (χ2v) is 8.11. The summed E-state index contributed by atoms with van der Waals surface area (Å²) in [5.74, 6) is 2.10. The van der Waals surface area contributed by atoms with Gasteiger partial charge in [-0.1, -0.05) is 13.8 Å². The van der Waals surface area contributed by atoms with E-state index in [0.29, 0.717) is 24.8 Å². The Morgan fingerprint density at radius 2 is 2.05 bits per heavy atom. The highest BCUT2D eigenvalue weighted by atomic mass is 35.5. The van der Waals surface area contributed by atoms with E-state index < -0.39 is 9.84 Å². The number of hydrogen-bond acceptors (Lipinski definition) is 4. The summed E-state index contributed by atoms with van der Waals surface area (Å²) in [6, 6.07) is 3.99. The molecule has 2 heterocycles. The van der Waals surface area contributed by atoms with E-state index in [1.165, 1.54) is 0 Å². The molecule has 0 amide bonds. The molecule has 0 bridgehead atoms. The van der Waals surface area contributed by atoms with Gasteiger partial charge in [0.1, 0.15) is 5.82 Å². The first kappa shape index (κ1) is 15.6. The lowest BCUT2D eigenvalue weighted by Crippen LogP contribution is -2.28. The quantitative estimate of drug-likeness (QED) is 0.804. The minimum Gasteiger partial charge on any atom is -0.356 e. The fourth-order valence-corrected chi connectivity index (χ4v) is 3.72. The zero-order chi connectivity index (χ0) is 14.8. The number of nitrogens with zero attached hydrogens (tertiary/aromatic N) is 2. The first-order valence-corrected chi connectivity index (χ1v) is 9.29. The molecule has 1 aliphatic heterocycles. The summed E-state index contributed by atoms with van der Waals surface area (Å²) in [5, 5.41) is 0. The topological polar surface area (TPSA) is 50.3 Å². The summed E-state index contributed by atoms with van der Waals surface area (Å²) in [5.41, 5.74) is 2.04. The van der Waals surface area contributed by atoms with E-state index >= 15 is 0 Å². The van der Waals surface area contributed by atoms with Gasteiger partial charge in [-0.05, 0) is 30.0 Å². The summed E-state index contributed by atoms with van der Waals surface area (Å²) >= 11 is 5.95. The van der Waals surface area contributed by atoms with Crippen LogP contribution in [0.2, 0.25) is 0 Å². The molecule has 0 aromatic carbocycles. The molecule has 0 aliphatic carbocycles. The monoisotopic (exact) mass is 316 g/mol. The van der Waals surface area contributed by atoms with E-state index in [2.05, 4.69) is 23.7 Å². The summed E-state index contributed by atoms with van der Waals surface area (Å²) in [4.78, 5) is 6.73. The highest BCUT2D eigenvalue weighted by Gasteiger charge is 2.20. The summed E-state index contributed by atoms with van der Waals surface area (Å²) in [7, 11) is -2.90. The molecule has 0 unspecified atom stereocenters. The van der Waals surface area contributed by atoms with Crippen molar-refractivity contribution in [3.8, 4) is 0 Å². The lowest BCUT2D eigenvalue weighted by Gasteiger charge is -2.22. The van der Waals surface area contributed by atoms with Gasteiger partial charge in [0, 0.05) is 24.7 Å². The van der Waals surface area contributed by atoms with Crippen LogP contribution in [0.15, 0.2) is 12.1 Å². The van der Waals surface area contributed by atoms with Crippen LogP contribution in [0.25, 0.3) is 0 Å². The van der Waals surface area contributed by atoms with E-state index in [1.54, 1.807) is 0 Å². The average molecular weight is 317 g/mol. The molecule has 1 aliphatic rings. The van der Waals surface area contributed by atoms with Crippen LogP contribution in [0.4, 0.5) is 5.82 Å². The Morgan fingerprint density at radius 1 is 1.30 bits per heavy atom. The van der Waals surface area contributed by atoms with Gasteiger partial charge in [0.25, 0.3) is 0 Å². The van der Waals surface area contributed by atoms with Crippen LogP contribution in [0.5, 0.6) is 0 Å². The van der Waals surface area contributed by atoms with Crippen molar-refractivity contribution < 1.29 is 8.42 Å². The molecular weight excluding hydrogens is 296 g/mol. The molecule has 20 heavy (non-hydrogen) atoms. The van der Waals surface area contributed by atoms with Crippen molar-refractivity contribution in [2.45, 2.75) is 32.1 Å². The van der Waals surface area contributed by atoms with Gasteiger partial charge in [0.05, 0.1) is 11.5 Å². The molecule has 0 N–H and O–H groups in total. The number of aromatic nitrogens is 1. The molecule has 4 nitrogen and oxygen atoms in total. The molecule has 6 heteroatoms. The zero-order valence-electron chi connectivity index (χ0n) is 12.0. The van der Waals surface area contributed by atoms with Crippen LogP contribution in [0, 0.1) is 0 Å². The molecule has 0 radical (unpaired) electrons. The van der Waals surface area contributed by atoms with E-state index in [0.717, 1.165) is 23.6 Å². The maximum absolute atomic E-state index is 11.7. The van der Waals surface area contributed by atoms with E-state index in [-0.39, 0.29) is 11.5 Å². The van der Waals surface area contributed by atoms with Crippen LogP contribution in [0.3, 0.4) is 0 Å². The van der Waals surface area contributed by atoms with Crippen molar-refractivity contribution >= 4 is 27.3 Å². The van der Waals surface area contributed by atoms with Crippen molar-refractivity contribution in [2.75, 3.05) is 29.5 Å². The smallest absolute Gasteiger partial charge is 0.152 e. The molecule has 1 saturated heterocycles. The third kappa shape index (κ3) is 3.85. The first-order valence-electron chi connectivity index (χ1n) is 6.93. The van der Waals surface area contributed by atoms with Gasteiger partial charge >= 0.3 is 0 Å². The normalized spacial score (nSPS) is 19.1. The molecule has 112 valence electrons. The summed E-state index contributed by atoms with van der Waals surface area (Å²) in [6.07, 6.45) is 0.659. The van der Waals surface area contributed by atoms with E-state index in [9.17, 15) is 8.42 Å². The number of halogens is 1. The fraction of sp³-hybridized carbons (Fsp3) is 0.643. The second kappa shape index (κ2) is 6.31. The third-order valence-electron chi connectivity index (χ3n) is 3.52. The Hall–Kier alpha value is -0.810. The van der Waals surface area contributed by atoms with Crippen molar-refractivity contribution in [3.63, 3.8) is 0 Å². The van der Waals surface area contributed by atoms with Gasteiger partial charge in [0.2, 0.25) is 0 Å². The Labute approximate surface area is 126 Å². The Bertz CT molecular complexity index is 573. The van der Waals surface area contributed by atoms with Crippen LogP contribution in [-0.4, -0.2) is 38.0 Å². The van der Waals surface area contributed by atoms with Crippen LogP contribution >= 0.6 is 11.6 Å². The van der Waals surface area contributed by atoms with Gasteiger partial charge in [-0.3, -0.25) is 0 Å². The maximum atomic E-state index is 11.7. The number of sulfone groups is 1. The number of pyridine rings is 1. The number of hydrogen-bond donors (Lipinski definition) is 0. The van der Waals surface area contributed by atoms with Gasteiger partial charge in [-0.15, -0.1) is 11.6 Å². The predicted octanol–water partition coefficient (Wildman–Crippen LogP) is 2.57. The lowest BCUT2D eigenvalue weighted by atomic mass is 10.1. The van der Waals surface area contributed by atoms with E-state index in [1.807, 2.05) is 12.1 Å². The Morgan fingerprint density at radius 3 is 2.70 bits per heavy atom. The maximum Gasteiger partial charge on any atom is 0.152 e. The number of alkyl halides is 1. The minimum absolute atomic E-state index is 0.205. The average Bonchev–Trinajstić information content (AvgIpc) is 2.59. The van der Waals surface area contributed by atoms with Gasteiger partial charge in [-0.2, -0.15) is 0 Å². The third-order valence-corrected chi connectivity index (χ3v) is 5.54. The molecule has 2 rings (SSSR count). The molecule has 0 atom stereocenters. The minimum atomic E-state index is -2.90. The van der Waals surface area contributed by atoms with Crippen LogP contribution < -0.4 is 4.90 Å². The molecule has 1 fully saturated rings. The summed E-state index contributed by atoms with van der Waals surface area (Å²) in [6.45, 7) is 5.43. The van der Waals surface area contributed by atoms with Gasteiger partial charge < -0.3 is 4.90 Å². The van der Waals surface area contributed by atoms with Crippen LogP contribution in [-0.2, 0) is 15.7 Å². The first-order chi connectivity index (χ1) is 9.41. The zero-order valence-corrected chi connectivity index (χ0v) is 13.5. The van der Waals surface area contributed by atoms with Crippen molar-refractivity contribution in [1.29, 1.82) is 0 Å². The Kier molecular flexibility index (Phi) is 4.91. The second-order valence-electron chi connectivity index (χ2n) is 5.54. The molecule has 1 aromatic rings. The van der Waals surface area contributed by atoms with Gasteiger partial charge in [-0.25, -0.2) is 13.4 Å². The Balaban J connectivity index is 2.29. The fourth-order valence-electron chi connectivity index (χ4n) is 2.30. The standard InChI is InChI=1S/C14H21ClN2O2S/c1-11(2)13-8-12(10-15)9-14(16-13)17-4-3-6-20(18,19)7-5-17/h8-9,11H,3-7,10H2,1-2H3. The molecular formula is C14H21ClN2O2S. The van der Waals surface area contributed by atoms with Crippen molar-refractivity contribution in [1.82, 2.24) is 4.98 Å². The van der Waals surface area contributed by atoms with Gasteiger partial charge in [0.15, 0.2) is 9.84 Å². The highest BCUT2D eigenvalue weighted by molar-refractivity contribution is 7.91. The SMILES string of the molecule is CC(C)c1cc(CCl)cc(N2CCCS(=O)(=O)CC2)n1. The largest absolute Gasteiger partial charge is 0.356 e. The number of rotatable bonds is 3. The van der Waals surface area contributed by atoms with E-state index in [4.69, 9.17) is 11.6 Å². The van der Waals surface area contributed by atoms with Crippen LogP contribution in [0.1, 0.15) is 37.4 Å². The van der Waals surface area contributed by atoms with Crippen molar-refractivity contribution in [2.24, 2.45) is 0 Å². The highest BCUT2D eigenvalue weighted by Crippen LogP contribution is 2.22. The molecule has 1 aromatic heterocycles. The predicted molar refractivity (Wildman–Crippen MR) is 83.4 cm³/mol. The van der Waals surface area contributed by atoms with Crippen molar-refractivity contribution in [3.05, 3.63) is 23.4 Å². The number of anilines is 1. The molecule has 0 spiro atoms. The molecule has 0 saturated carbocycles.